The molecule has 0 radical (unpaired) electrons. The molecule has 0 amide bonds. The Bertz CT molecular complexity index is 1630. The molecule has 5 aromatic rings. The molecule has 5 rings (SSSR count). The lowest BCUT2D eigenvalue weighted by Gasteiger charge is -2.19. The molecule has 0 saturated carbocycles. The minimum absolute atomic E-state index is 0.121. The van der Waals surface area contributed by atoms with Gasteiger partial charge in [-0.05, 0) is 68.8 Å². The molecule has 3 N–H and O–H groups in total. The quantitative estimate of drug-likeness (QED) is 0.286. The minimum atomic E-state index is -1.01. The van der Waals surface area contributed by atoms with Gasteiger partial charge in [-0.2, -0.15) is 0 Å². The van der Waals surface area contributed by atoms with Crippen molar-refractivity contribution < 1.29 is 14.3 Å². The van der Waals surface area contributed by atoms with Crippen molar-refractivity contribution in [3.63, 3.8) is 0 Å². The lowest BCUT2D eigenvalue weighted by molar-refractivity contribution is 0.0698. The van der Waals surface area contributed by atoms with Crippen LogP contribution in [0.3, 0.4) is 0 Å². The van der Waals surface area contributed by atoms with Crippen LogP contribution in [0.2, 0.25) is 0 Å². The lowest BCUT2D eigenvalue weighted by Crippen LogP contribution is -2.12. The van der Waals surface area contributed by atoms with E-state index in [4.69, 9.17) is 4.42 Å². The van der Waals surface area contributed by atoms with Crippen LogP contribution in [0, 0.1) is 13.8 Å². The molecule has 3 aromatic carbocycles. The van der Waals surface area contributed by atoms with Gasteiger partial charge in [0.25, 0.3) is 0 Å². The average molecular weight is 453 g/mol. The number of rotatable bonds is 5. The molecule has 0 aliphatic rings. The number of para-hydroxylation sites is 1. The molecule has 0 spiro atoms. The van der Waals surface area contributed by atoms with Gasteiger partial charge in [0.1, 0.15) is 11.3 Å². The number of aryl methyl sites for hydroxylation is 2. The highest BCUT2D eigenvalue weighted by molar-refractivity contribution is 5.94. The summed E-state index contributed by atoms with van der Waals surface area (Å²) in [6.07, 6.45) is 0. The highest BCUT2D eigenvalue weighted by Crippen LogP contribution is 2.32. The summed E-state index contributed by atoms with van der Waals surface area (Å²) in [6.45, 7) is 5.85. The first-order chi connectivity index (χ1) is 16.3. The predicted octanol–water partition coefficient (Wildman–Crippen LogP) is 6.43. The van der Waals surface area contributed by atoms with E-state index in [1.807, 2.05) is 51.1 Å². The Morgan fingerprint density at radius 3 is 2.62 bits per heavy atom. The summed E-state index contributed by atoms with van der Waals surface area (Å²) in [5, 5.41) is 14.4. The Hall–Kier alpha value is -4.32. The number of aromatic nitrogens is 1. The number of hydrogen-bond acceptors (Lipinski definition) is 4. The Labute approximate surface area is 195 Å². The van der Waals surface area contributed by atoms with Crippen LogP contribution in [0.1, 0.15) is 40.1 Å². The minimum Gasteiger partial charge on any atom is -0.478 e. The van der Waals surface area contributed by atoms with Gasteiger partial charge >= 0.3 is 5.97 Å². The summed E-state index contributed by atoms with van der Waals surface area (Å²) in [7, 11) is 0. The van der Waals surface area contributed by atoms with Crippen LogP contribution in [-0.2, 0) is 0 Å². The van der Waals surface area contributed by atoms with Crippen LogP contribution in [0.25, 0.3) is 33.2 Å². The Morgan fingerprint density at radius 2 is 1.82 bits per heavy atom. The summed E-state index contributed by atoms with van der Waals surface area (Å²) in [4.78, 5) is 28.1. The van der Waals surface area contributed by atoms with E-state index in [0.717, 1.165) is 33.3 Å². The van der Waals surface area contributed by atoms with Crippen molar-refractivity contribution >= 4 is 33.5 Å². The fraction of sp³-hybridized carbons (Fsp3) is 0.143. The van der Waals surface area contributed by atoms with Crippen molar-refractivity contribution in [2.24, 2.45) is 0 Å². The maximum atomic E-state index is 13.1. The maximum absolute atomic E-state index is 13.1. The van der Waals surface area contributed by atoms with Crippen LogP contribution in [0.5, 0.6) is 0 Å². The first kappa shape index (κ1) is 21.5. The molecule has 34 heavy (non-hydrogen) atoms. The molecule has 2 aromatic heterocycles. The van der Waals surface area contributed by atoms with Crippen molar-refractivity contribution in [1.82, 2.24) is 4.98 Å². The van der Waals surface area contributed by atoms with E-state index in [1.54, 1.807) is 24.3 Å². The van der Waals surface area contributed by atoms with Crippen molar-refractivity contribution in [1.29, 1.82) is 0 Å². The van der Waals surface area contributed by atoms with Gasteiger partial charge < -0.3 is 19.8 Å². The number of carboxylic acid groups (broad SMARTS) is 1. The molecule has 6 heteroatoms. The van der Waals surface area contributed by atoms with Gasteiger partial charge in [0.2, 0.25) is 0 Å². The van der Waals surface area contributed by atoms with E-state index in [2.05, 4.69) is 16.4 Å². The molecule has 1 atom stereocenters. The number of aromatic carboxylic acids is 1. The fourth-order valence-electron chi connectivity index (χ4n) is 4.44. The third-order valence-corrected chi connectivity index (χ3v) is 6.04. The third-order valence-electron chi connectivity index (χ3n) is 6.04. The van der Waals surface area contributed by atoms with E-state index in [9.17, 15) is 14.7 Å². The highest BCUT2D eigenvalue weighted by atomic mass is 16.4. The van der Waals surface area contributed by atoms with Crippen molar-refractivity contribution in [3.05, 3.63) is 99.3 Å². The zero-order valence-electron chi connectivity index (χ0n) is 19.1. The zero-order valence-corrected chi connectivity index (χ0v) is 19.1. The number of aromatic amines is 1. The average Bonchev–Trinajstić information content (AvgIpc) is 3.18. The van der Waals surface area contributed by atoms with Crippen LogP contribution >= 0.6 is 0 Å². The SMILES string of the molecule is Cc1cc([C@@H](C)Nc2ccccc2C(=O)O)c2oc(-c3ccc4[nH]c(C)cc4c3)cc(=O)c2c1. The molecule has 0 aliphatic carbocycles. The number of carboxylic acids is 1. The molecule has 0 aliphatic heterocycles. The normalized spacial score (nSPS) is 12.2. The monoisotopic (exact) mass is 452 g/mol. The number of fused-ring (bicyclic) bond motifs is 2. The first-order valence-corrected chi connectivity index (χ1v) is 11.1. The Morgan fingerprint density at radius 1 is 1.03 bits per heavy atom. The number of carbonyl (C=O) groups is 1. The van der Waals surface area contributed by atoms with Crippen molar-refractivity contribution in [2.45, 2.75) is 26.8 Å². The standard InChI is InChI=1S/C28H24N2O4/c1-15-10-21(17(3)30-24-7-5-4-6-20(24)28(32)33)27-22(11-15)25(31)14-26(34-27)18-8-9-23-19(13-18)12-16(2)29-23/h4-14,17,29-30H,1-3H3,(H,32,33)/t17-/m1/s1. The molecular weight excluding hydrogens is 428 g/mol. The van der Waals surface area contributed by atoms with E-state index in [0.29, 0.717) is 22.4 Å². The van der Waals surface area contributed by atoms with Crippen LogP contribution in [-0.4, -0.2) is 16.1 Å². The van der Waals surface area contributed by atoms with Gasteiger partial charge in [0, 0.05) is 39.5 Å². The van der Waals surface area contributed by atoms with Crippen molar-refractivity contribution in [2.75, 3.05) is 5.32 Å². The van der Waals surface area contributed by atoms with Crippen molar-refractivity contribution in [3.8, 4) is 11.3 Å². The number of anilines is 1. The molecule has 6 nitrogen and oxygen atoms in total. The van der Waals surface area contributed by atoms with E-state index < -0.39 is 5.97 Å². The highest BCUT2D eigenvalue weighted by Gasteiger charge is 2.18. The van der Waals surface area contributed by atoms with E-state index >= 15 is 0 Å². The number of nitrogens with one attached hydrogen (secondary N) is 2. The summed E-state index contributed by atoms with van der Waals surface area (Å²) >= 11 is 0. The smallest absolute Gasteiger partial charge is 0.337 e. The van der Waals surface area contributed by atoms with Gasteiger partial charge in [-0.1, -0.05) is 18.2 Å². The second-order valence-electron chi connectivity index (χ2n) is 8.68. The summed E-state index contributed by atoms with van der Waals surface area (Å²) in [6, 6.07) is 19.7. The van der Waals surface area contributed by atoms with Gasteiger partial charge in [-0.15, -0.1) is 0 Å². The van der Waals surface area contributed by atoms with Crippen LogP contribution in [0.15, 0.2) is 75.9 Å². The van der Waals surface area contributed by atoms with E-state index in [-0.39, 0.29) is 17.0 Å². The third kappa shape index (κ3) is 3.83. The Balaban J connectivity index is 1.64. The molecule has 0 fully saturated rings. The van der Waals surface area contributed by atoms with E-state index in [1.165, 1.54) is 6.07 Å². The van der Waals surface area contributed by atoms with Gasteiger partial charge in [-0.25, -0.2) is 4.79 Å². The molecular formula is C28H24N2O4. The zero-order chi connectivity index (χ0) is 24.0. The summed E-state index contributed by atoms with van der Waals surface area (Å²) in [5.74, 6) is -0.518. The largest absolute Gasteiger partial charge is 0.478 e. The first-order valence-electron chi connectivity index (χ1n) is 11.1. The second kappa shape index (κ2) is 8.23. The topological polar surface area (TPSA) is 95.3 Å². The predicted molar refractivity (Wildman–Crippen MR) is 135 cm³/mol. The molecule has 0 unspecified atom stereocenters. The molecule has 170 valence electrons. The van der Waals surface area contributed by atoms with Gasteiger partial charge in [0.05, 0.1) is 17.0 Å². The molecule has 0 bridgehead atoms. The van der Waals surface area contributed by atoms with Gasteiger partial charge in [0.15, 0.2) is 5.43 Å². The fourth-order valence-corrected chi connectivity index (χ4v) is 4.44. The second-order valence-corrected chi connectivity index (χ2v) is 8.68. The maximum Gasteiger partial charge on any atom is 0.337 e. The number of hydrogen-bond donors (Lipinski definition) is 3. The van der Waals surface area contributed by atoms with Crippen LogP contribution in [0.4, 0.5) is 5.69 Å². The summed E-state index contributed by atoms with van der Waals surface area (Å²) < 4.78 is 6.34. The Kier molecular flexibility index (Phi) is 5.21. The lowest BCUT2D eigenvalue weighted by atomic mass is 10.00. The molecule has 2 heterocycles. The summed E-state index contributed by atoms with van der Waals surface area (Å²) in [5.41, 5.74) is 5.67. The molecule has 0 saturated heterocycles. The van der Waals surface area contributed by atoms with Gasteiger partial charge in [-0.3, -0.25) is 4.79 Å². The number of benzene rings is 3. The van der Waals surface area contributed by atoms with Crippen LogP contribution < -0.4 is 10.7 Å². The number of H-pyrrole nitrogens is 1.